The Hall–Kier alpha value is -1.67. The molecule has 0 radical (unpaired) electrons. The summed E-state index contributed by atoms with van der Waals surface area (Å²) < 4.78 is 4.66. The summed E-state index contributed by atoms with van der Waals surface area (Å²) in [5.41, 5.74) is -0.654. The van der Waals surface area contributed by atoms with Crippen molar-refractivity contribution in [2.45, 2.75) is 4.90 Å². The Bertz CT molecular complexity index is 408. The number of non-ortho nitro benzene ring substituents is 1. The van der Waals surface area contributed by atoms with E-state index in [-0.39, 0.29) is 16.3 Å². The van der Waals surface area contributed by atoms with Gasteiger partial charge >= 0.3 is 0 Å². The lowest BCUT2D eigenvalue weighted by Crippen LogP contribution is -1.94. The summed E-state index contributed by atoms with van der Waals surface area (Å²) in [4.78, 5) is 19.8. The summed E-state index contributed by atoms with van der Waals surface area (Å²) in [6, 6.07) is 3.38. The molecule has 1 aromatic carbocycles. The van der Waals surface area contributed by atoms with Crippen LogP contribution in [0.1, 0.15) is 0 Å². The van der Waals surface area contributed by atoms with Crippen LogP contribution in [0.4, 0.5) is 11.4 Å². The Labute approximate surface area is 88.5 Å². The maximum Gasteiger partial charge on any atom is 0.292 e. The average molecular weight is 230 g/mol. The Kier molecular flexibility index (Phi) is 3.58. The number of rotatable bonds is 4. The topological polar surface area (TPSA) is 95.5 Å². The molecule has 1 rings (SSSR count). The molecule has 8 heteroatoms. The van der Waals surface area contributed by atoms with E-state index >= 15 is 0 Å². The second-order valence-corrected chi connectivity index (χ2v) is 3.36. The van der Waals surface area contributed by atoms with Crippen LogP contribution in [0.2, 0.25) is 0 Å². The first-order valence-corrected chi connectivity index (χ1v) is 4.44. The number of hydrogen-bond acceptors (Lipinski definition) is 6. The highest BCUT2D eigenvalue weighted by molar-refractivity contribution is 7.94. The minimum Gasteiger partial charge on any atom is -0.313 e. The molecule has 0 unspecified atom stereocenters. The van der Waals surface area contributed by atoms with E-state index in [9.17, 15) is 20.2 Å². The normalized spacial score (nSPS) is 9.93. The quantitative estimate of drug-likeness (QED) is 0.446. The molecule has 0 saturated heterocycles. The van der Waals surface area contributed by atoms with Gasteiger partial charge < -0.3 is 4.18 Å². The molecule has 0 fully saturated rings. The third kappa shape index (κ3) is 2.64. The largest absolute Gasteiger partial charge is 0.313 e. The highest BCUT2D eigenvalue weighted by atomic mass is 32.2. The molecule has 0 saturated carbocycles. The molecule has 0 aliphatic carbocycles. The van der Waals surface area contributed by atoms with Crippen molar-refractivity contribution in [3.63, 3.8) is 0 Å². The molecule has 7 nitrogen and oxygen atoms in total. The van der Waals surface area contributed by atoms with Crippen molar-refractivity contribution in [3.05, 3.63) is 38.4 Å². The van der Waals surface area contributed by atoms with E-state index in [4.69, 9.17) is 0 Å². The van der Waals surface area contributed by atoms with Gasteiger partial charge in [-0.2, -0.15) is 0 Å². The van der Waals surface area contributed by atoms with Crippen molar-refractivity contribution in [1.29, 1.82) is 0 Å². The Balaban J connectivity index is 3.20. The first kappa shape index (κ1) is 11.4. The van der Waals surface area contributed by atoms with E-state index in [0.29, 0.717) is 0 Å². The third-order valence-corrected chi connectivity index (χ3v) is 2.21. The monoisotopic (exact) mass is 230 g/mol. The maximum absolute atomic E-state index is 10.6. The van der Waals surface area contributed by atoms with Gasteiger partial charge in [0.05, 0.1) is 23.0 Å². The smallest absolute Gasteiger partial charge is 0.292 e. The molecular formula is C7H6N2O5S. The number of nitro benzene ring substituents is 2. The molecule has 0 bridgehead atoms. The van der Waals surface area contributed by atoms with E-state index in [0.717, 1.165) is 18.1 Å². The van der Waals surface area contributed by atoms with Gasteiger partial charge in [0.1, 0.15) is 4.90 Å². The van der Waals surface area contributed by atoms with Crippen molar-refractivity contribution in [1.82, 2.24) is 0 Å². The molecule has 1 aromatic rings. The molecular weight excluding hydrogens is 224 g/mol. The highest BCUT2D eigenvalue weighted by Gasteiger charge is 2.19. The zero-order valence-electron chi connectivity index (χ0n) is 7.58. The van der Waals surface area contributed by atoms with Crippen LogP contribution in [0.15, 0.2) is 23.1 Å². The predicted molar refractivity (Wildman–Crippen MR) is 52.6 cm³/mol. The molecule has 0 spiro atoms. The fraction of sp³-hybridized carbons (Fsp3) is 0.143. The number of nitro groups is 2. The van der Waals surface area contributed by atoms with Crippen LogP contribution >= 0.6 is 12.0 Å². The third-order valence-electron chi connectivity index (χ3n) is 1.52. The first-order chi connectivity index (χ1) is 7.06. The average Bonchev–Trinajstić information content (AvgIpc) is 2.18. The fourth-order valence-corrected chi connectivity index (χ4v) is 1.44. The van der Waals surface area contributed by atoms with Gasteiger partial charge in [0.2, 0.25) is 0 Å². The van der Waals surface area contributed by atoms with E-state index in [1.54, 1.807) is 0 Å². The van der Waals surface area contributed by atoms with Gasteiger partial charge in [0.15, 0.2) is 0 Å². The van der Waals surface area contributed by atoms with Gasteiger partial charge in [0.25, 0.3) is 11.4 Å². The number of nitrogens with zero attached hydrogens (tertiary/aromatic N) is 2. The lowest BCUT2D eigenvalue weighted by atomic mass is 10.3. The summed E-state index contributed by atoms with van der Waals surface area (Å²) >= 11 is 0.786. The zero-order chi connectivity index (χ0) is 11.4. The molecule has 0 atom stereocenters. The molecule has 0 heterocycles. The van der Waals surface area contributed by atoms with E-state index in [2.05, 4.69) is 4.18 Å². The van der Waals surface area contributed by atoms with Gasteiger partial charge in [-0.3, -0.25) is 20.2 Å². The van der Waals surface area contributed by atoms with Crippen LogP contribution in [0.3, 0.4) is 0 Å². The molecule has 0 aliphatic rings. The van der Waals surface area contributed by atoms with Crippen LogP contribution in [0.5, 0.6) is 0 Å². The van der Waals surface area contributed by atoms with E-state index in [1.807, 2.05) is 0 Å². The Morgan fingerprint density at radius 3 is 2.40 bits per heavy atom. The van der Waals surface area contributed by atoms with Crippen LogP contribution in [0, 0.1) is 20.2 Å². The lowest BCUT2D eigenvalue weighted by Gasteiger charge is -1.99. The lowest BCUT2D eigenvalue weighted by molar-refractivity contribution is -0.396. The molecule has 0 aromatic heterocycles. The van der Waals surface area contributed by atoms with Gasteiger partial charge in [0, 0.05) is 18.1 Å². The Morgan fingerprint density at radius 2 is 1.93 bits per heavy atom. The predicted octanol–water partition coefficient (Wildman–Crippen LogP) is 2.16. The molecule has 0 amide bonds. The highest BCUT2D eigenvalue weighted by Crippen LogP contribution is 2.32. The molecule has 15 heavy (non-hydrogen) atoms. The van der Waals surface area contributed by atoms with Gasteiger partial charge in [-0.05, 0) is 6.07 Å². The first-order valence-electron chi connectivity index (χ1n) is 3.69. The van der Waals surface area contributed by atoms with Crippen LogP contribution in [-0.4, -0.2) is 17.0 Å². The number of hydrogen-bond donors (Lipinski definition) is 0. The van der Waals surface area contributed by atoms with Gasteiger partial charge in [-0.15, -0.1) is 0 Å². The SMILES string of the molecule is COSc1ccc([N+](=O)[O-])cc1[N+](=O)[O-]. The van der Waals surface area contributed by atoms with Crippen molar-refractivity contribution >= 4 is 23.4 Å². The zero-order valence-corrected chi connectivity index (χ0v) is 8.39. The summed E-state index contributed by atoms with van der Waals surface area (Å²) in [5, 5.41) is 21.0. The Morgan fingerprint density at radius 1 is 1.27 bits per heavy atom. The summed E-state index contributed by atoms with van der Waals surface area (Å²) in [5.74, 6) is 0. The van der Waals surface area contributed by atoms with Gasteiger partial charge in [-0.25, -0.2) is 0 Å². The summed E-state index contributed by atoms with van der Waals surface area (Å²) in [7, 11) is 1.36. The second-order valence-electron chi connectivity index (χ2n) is 2.42. The van der Waals surface area contributed by atoms with Crippen LogP contribution < -0.4 is 0 Å². The van der Waals surface area contributed by atoms with Crippen molar-refractivity contribution in [3.8, 4) is 0 Å². The second kappa shape index (κ2) is 4.71. The molecule has 0 N–H and O–H groups in total. The summed E-state index contributed by atoms with van der Waals surface area (Å²) in [6.45, 7) is 0. The van der Waals surface area contributed by atoms with Crippen molar-refractivity contribution < 1.29 is 14.0 Å². The van der Waals surface area contributed by atoms with E-state index in [1.165, 1.54) is 19.2 Å². The van der Waals surface area contributed by atoms with Crippen molar-refractivity contribution in [2.24, 2.45) is 0 Å². The van der Waals surface area contributed by atoms with E-state index < -0.39 is 9.85 Å². The maximum atomic E-state index is 10.6. The number of benzene rings is 1. The van der Waals surface area contributed by atoms with Crippen LogP contribution in [-0.2, 0) is 4.18 Å². The molecule has 80 valence electrons. The van der Waals surface area contributed by atoms with Gasteiger partial charge in [-0.1, -0.05) is 0 Å². The van der Waals surface area contributed by atoms with Crippen molar-refractivity contribution in [2.75, 3.05) is 7.11 Å². The molecule has 0 aliphatic heterocycles. The standard InChI is InChI=1S/C7H6N2O5S/c1-14-15-7-3-2-5(8(10)11)4-6(7)9(12)13/h2-4H,1H3. The summed E-state index contributed by atoms with van der Waals surface area (Å²) in [6.07, 6.45) is 0. The van der Waals surface area contributed by atoms with Crippen LogP contribution in [0.25, 0.3) is 0 Å². The fourth-order valence-electron chi connectivity index (χ4n) is 0.922. The minimum atomic E-state index is -0.686. The minimum absolute atomic E-state index is 0.230.